The van der Waals surface area contributed by atoms with Crippen LogP contribution in [0.4, 0.5) is 0 Å². The van der Waals surface area contributed by atoms with Gasteiger partial charge in [-0.25, -0.2) is 4.98 Å². The molecule has 0 aromatic carbocycles. The molecule has 0 saturated carbocycles. The predicted molar refractivity (Wildman–Crippen MR) is 87.1 cm³/mol. The topological polar surface area (TPSA) is 71.7 Å². The highest BCUT2D eigenvalue weighted by atomic mass is 35.5. The highest BCUT2D eigenvalue weighted by molar-refractivity contribution is 6.29. The third-order valence-electron chi connectivity index (χ3n) is 3.99. The first-order chi connectivity index (χ1) is 11.0. The Morgan fingerprint density at radius 3 is 2.83 bits per heavy atom. The van der Waals surface area contributed by atoms with Crippen molar-refractivity contribution in [3.05, 3.63) is 50.7 Å². The average Bonchev–Trinajstić information content (AvgIpc) is 2.54. The van der Waals surface area contributed by atoms with Crippen LogP contribution in [0, 0.1) is 10.1 Å². The number of nitrogens with zero attached hydrogens (tertiary/aromatic N) is 4. The number of allylic oxidation sites excluding steroid dienone is 1. The number of pyridine rings is 1. The molecule has 0 aliphatic carbocycles. The Bertz CT molecular complexity index is 591. The van der Waals surface area contributed by atoms with Crippen molar-refractivity contribution in [2.24, 2.45) is 0 Å². The van der Waals surface area contributed by atoms with E-state index in [4.69, 9.17) is 16.3 Å². The first-order valence-electron chi connectivity index (χ1n) is 7.46. The van der Waals surface area contributed by atoms with E-state index < -0.39 is 0 Å². The van der Waals surface area contributed by atoms with Crippen molar-refractivity contribution >= 4 is 11.6 Å². The summed E-state index contributed by atoms with van der Waals surface area (Å²) in [6.07, 6.45) is 2.52. The fourth-order valence-corrected chi connectivity index (χ4v) is 2.93. The van der Waals surface area contributed by atoms with E-state index in [2.05, 4.69) is 4.98 Å². The fraction of sp³-hybridized carbons (Fsp3) is 0.533. The molecule has 8 heteroatoms. The Morgan fingerprint density at radius 1 is 1.57 bits per heavy atom. The van der Waals surface area contributed by atoms with Crippen molar-refractivity contribution in [1.82, 2.24) is 14.8 Å². The van der Waals surface area contributed by atoms with Crippen LogP contribution in [0.25, 0.3) is 0 Å². The van der Waals surface area contributed by atoms with Gasteiger partial charge in [0.1, 0.15) is 11.4 Å². The molecular weight excluding hydrogens is 320 g/mol. The highest BCUT2D eigenvalue weighted by Gasteiger charge is 2.35. The van der Waals surface area contributed by atoms with Gasteiger partial charge in [-0.2, -0.15) is 0 Å². The molecule has 1 atom stereocenters. The average molecular weight is 341 g/mol. The standard InChI is InChI=1S/C15H21ClN4O3/c1-4-19(10-11-5-7-13(16)17-9-11)15-12(20(21)22)6-8-14(23-3)18(15)2/h5,7,9,14H,4,6,8,10H2,1-3H3. The smallest absolute Gasteiger partial charge is 0.286 e. The minimum Gasteiger partial charge on any atom is -0.362 e. The summed E-state index contributed by atoms with van der Waals surface area (Å²) in [6.45, 7) is 3.13. The van der Waals surface area contributed by atoms with Crippen LogP contribution in [0.3, 0.4) is 0 Å². The van der Waals surface area contributed by atoms with Crippen molar-refractivity contribution in [2.75, 3.05) is 20.7 Å². The minimum atomic E-state index is -0.291. The van der Waals surface area contributed by atoms with Crippen molar-refractivity contribution in [1.29, 1.82) is 0 Å². The zero-order valence-corrected chi connectivity index (χ0v) is 14.3. The molecule has 0 radical (unpaired) electrons. The molecule has 2 heterocycles. The van der Waals surface area contributed by atoms with Crippen molar-refractivity contribution in [3.8, 4) is 0 Å². The van der Waals surface area contributed by atoms with Gasteiger partial charge in [-0.05, 0) is 18.6 Å². The summed E-state index contributed by atoms with van der Waals surface area (Å²) in [4.78, 5) is 19.0. The molecule has 126 valence electrons. The Kier molecular flexibility index (Phi) is 5.79. The number of halogens is 1. The molecule has 2 rings (SSSR count). The number of hydrogen-bond acceptors (Lipinski definition) is 6. The van der Waals surface area contributed by atoms with Gasteiger partial charge in [-0.15, -0.1) is 0 Å². The summed E-state index contributed by atoms with van der Waals surface area (Å²) in [6, 6.07) is 3.59. The summed E-state index contributed by atoms with van der Waals surface area (Å²) in [5.41, 5.74) is 1.17. The van der Waals surface area contributed by atoms with Gasteiger partial charge in [0, 0.05) is 46.3 Å². The van der Waals surface area contributed by atoms with E-state index in [9.17, 15) is 10.1 Å². The molecule has 0 N–H and O–H groups in total. The van der Waals surface area contributed by atoms with Gasteiger partial charge in [0.2, 0.25) is 0 Å². The van der Waals surface area contributed by atoms with Crippen LogP contribution in [0.15, 0.2) is 29.8 Å². The molecule has 1 aromatic heterocycles. The first-order valence-corrected chi connectivity index (χ1v) is 7.84. The summed E-state index contributed by atoms with van der Waals surface area (Å²) >= 11 is 5.81. The SMILES string of the molecule is CCN(Cc1ccc(Cl)nc1)C1=C([N+](=O)[O-])CCC(OC)N1C. The van der Waals surface area contributed by atoms with Gasteiger partial charge in [-0.1, -0.05) is 17.7 Å². The van der Waals surface area contributed by atoms with E-state index in [1.807, 2.05) is 29.8 Å². The Labute approximate surface area is 140 Å². The number of nitro groups is 1. The van der Waals surface area contributed by atoms with Gasteiger partial charge >= 0.3 is 0 Å². The molecule has 0 saturated heterocycles. The molecule has 7 nitrogen and oxygen atoms in total. The molecule has 0 bridgehead atoms. The van der Waals surface area contributed by atoms with Gasteiger partial charge in [-0.3, -0.25) is 10.1 Å². The first kappa shape index (κ1) is 17.5. The fourth-order valence-electron chi connectivity index (χ4n) is 2.82. The Hall–Kier alpha value is -1.86. The Balaban J connectivity index is 2.34. The van der Waals surface area contributed by atoms with Gasteiger partial charge in [0.05, 0.1) is 4.92 Å². The van der Waals surface area contributed by atoms with Crippen molar-refractivity contribution < 1.29 is 9.66 Å². The summed E-state index contributed by atoms with van der Waals surface area (Å²) < 4.78 is 5.44. The minimum absolute atomic E-state index is 0.161. The van der Waals surface area contributed by atoms with Crippen LogP contribution >= 0.6 is 11.6 Å². The molecule has 1 aliphatic heterocycles. The maximum absolute atomic E-state index is 11.4. The monoisotopic (exact) mass is 340 g/mol. The largest absolute Gasteiger partial charge is 0.362 e. The highest BCUT2D eigenvalue weighted by Crippen LogP contribution is 2.29. The quantitative estimate of drug-likeness (QED) is 0.450. The second kappa shape index (κ2) is 7.61. The number of hydrogen-bond donors (Lipinski definition) is 0. The van der Waals surface area contributed by atoms with Crippen LogP contribution in [0.1, 0.15) is 25.3 Å². The summed E-state index contributed by atoms with van der Waals surface area (Å²) in [5.74, 6) is 0.602. The van der Waals surface area contributed by atoms with Gasteiger partial charge in [0.25, 0.3) is 5.70 Å². The number of methoxy groups -OCH3 is 1. The maximum atomic E-state index is 11.4. The van der Waals surface area contributed by atoms with Crippen LogP contribution < -0.4 is 0 Å². The number of ether oxygens (including phenoxy) is 1. The van der Waals surface area contributed by atoms with E-state index in [0.717, 1.165) is 5.56 Å². The number of aromatic nitrogens is 1. The second-order valence-corrected chi connectivity index (χ2v) is 5.76. The molecule has 0 amide bonds. The lowest BCUT2D eigenvalue weighted by Crippen LogP contribution is -2.44. The lowest BCUT2D eigenvalue weighted by atomic mass is 10.1. The van der Waals surface area contributed by atoms with Crippen LogP contribution in [-0.4, -0.2) is 46.6 Å². The third-order valence-corrected chi connectivity index (χ3v) is 4.21. The lowest BCUT2D eigenvalue weighted by molar-refractivity contribution is -0.434. The van der Waals surface area contributed by atoms with Crippen LogP contribution in [0.2, 0.25) is 5.15 Å². The maximum Gasteiger partial charge on any atom is 0.286 e. The van der Waals surface area contributed by atoms with E-state index in [0.29, 0.717) is 36.9 Å². The van der Waals surface area contributed by atoms with Crippen molar-refractivity contribution in [3.63, 3.8) is 0 Å². The molecule has 1 unspecified atom stereocenters. The summed E-state index contributed by atoms with van der Waals surface area (Å²) in [7, 11) is 3.45. The molecule has 23 heavy (non-hydrogen) atoms. The normalized spacial score (nSPS) is 18.3. The molecule has 1 aliphatic rings. The van der Waals surface area contributed by atoms with Crippen molar-refractivity contribution in [2.45, 2.75) is 32.5 Å². The van der Waals surface area contributed by atoms with Gasteiger partial charge < -0.3 is 14.5 Å². The predicted octanol–water partition coefficient (Wildman–Crippen LogP) is 2.70. The van der Waals surface area contributed by atoms with E-state index >= 15 is 0 Å². The number of rotatable bonds is 6. The van der Waals surface area contributed by atoms with Gasteiger partial charge in [0.15, 0.2) is 5.82 Å². The van der Waals surface area contributed by atoms with Crippen LogP contribution in [0.5, 0.6) is 0 Å². The Morgan fingerprint density at radius 2 is 2.30 bits per heavy atom. The third kappa shape index (κ3) is 3.92. The molecule has 1 aromatic rings. The molecular formula is C15H21ClN4O3. The molecule has 0 spiro atoms. The lowest BCUT2D eigenvalue weighted by Gasteiger charge is -2.39. The van der Waals surface area contributed by atoms with Crippen LogP contribution in [-0.2, 0) is 11.3 Å². The van der Waals surface area contributed by atoms with E-state index in [1.54, 1.807) is 19.4 Å². The zero-order chi connectivity index (χ0) is 17.0. The second-order valence-electron chi connectivity index (χ2n) is 5.37. The van der Waals surface area contributed by atoms with E-state index in [-0.39, 0.29) is 16.8 Å². The van der Waals surface area contributed by atoms with E-state index in [1.165, 1.54) is 0 Å². The zero-order valence-electron chi connectivity index (χ0n) is 13.5. The summed E-state index contributed by atoms with van der Waals surface area (Å²) in [5, 5.41) is 11.9. The molecule has 0 fully saturated rings.